The Morgan fingerprint density at radius 1 is 0.350 bits per heavy atom. The van der Waals surface area contributed by atoms with Crippen LogP contribution in [-0.4, -0.2) is 9.13 Å². The van der Waals surface area contributed by atoms with Gasteiger partial charge in [0.2, 0.25) is 0 Å². The maximum absolute atomic E-state index is 2.39. The van der Waals surface area contributed by atoms with Crippen LogP contribution in [-0.2, 0) is 0 Å². The molecule has 2 nitrogen and oxygen atoms in total. The fourth-order valence-corrected chi connectivity index (χ4v) is 6.01. The molecule has 0 atom stereocenters. The summed E-state index contributed by atoms with van der Waals surface area (Å²) >= 11 is 0. The lowest BCUT2D eigenvalue weighted by Gasteiger charge is -2.11. The largest absolute Gasteiger partial charge is 0.317 e. The predicted molar refractivity (Wildman–Crippen MR) is 168 cm³/mol. The van der Waals surface area contributed by atoms with Crippen molar-refractivity contribution in [2.75, 3.05) is 0 Å². The van der Waals surface area contributed by atoms with Crippen LogP contribution in [0, 0.1) is 0 Å². The van der Waals surface area contributed by atoms with E-state index in [4.69, 9.17) is 0 Å². The van der Waals surface area contributed by atoms with Gasteiger partial charge in [-0.05, 0) is 82.2 Å². The van der Waals surface area contributed by atoms with Crippen LogP contribution in [0.15, 0.2) is 158 Å². The molecular weight excluding hydrogens is 484 g/mol. The van der Waals surface area contributed by atoms with Crippen LogP contribution in [0.3, 0.4) is 0 Å². The fourth-order valence-electron chi connectivity index (χ4n) is 6.01. The molecule has 0 radical (unpaired) electrons. The Bertz CT molecular complexity index is 2150. The first-order valence-corrected chi connectivity index (χ1v) is 13.7. The standard InChI is InChI=1S/C38H26N2/c1-3-10-27(11-4-1)29-12-9-15-33(24-29)40-36-17-8-7-16-34(36)35-25-30(20-21-37(35)40)31-19-18-28-22-23-39(38(28)26-31)32-13-5-2-6-14-32/h1-26H. The molecule has 0 saturated carbocycles. The second-order valence-electron chi connectivity index (χ2n) is 10.3. The third-order valence-electron chi connectivity index (χ3n) is 7.94. The summed E-state index contributed by atoms with van der Waals surface area (Å²) in [7, 11) is 0. The van der Waals surface area contributed by atoms with Crippen molar-refractivity contribution in [2.24, 2.45) is 0 Å². The normalized spacial score (nSPS) is 11.5. The molecule has 2 heteroatoms. The lowest BCUT2D eigenvalue weighted by atomic mass is 10.0. The van der Waals surface area contributed by atoms with Crippen molar-refractivity contribution in [3.8, 4) is 33.6 Å². The fraction of sp³-hybridized carbons (Fsp3) is 0. The molecule has 6 aromatic carbocycles. The highest BCUT2D eigenvalue weighted by atomic mass is 15.0. The van der Waals surface area contributed by atoms with Gasteiger partial charge in [0.1, 0.15) is 0 Å². The van der Waals surface area contributed by atoms with Gasteiger partial charge in [0.25, 0.3) is 0 Å². The highest BCUT2D eigenvalue weighted by molar-refractivity contribution is 6.10. The molecular formula is C38H26N2. The summed E-state index contributed by atoms with van der Waals surface area (Å²) in [5.74, 6) is 0. The number of aromatic nitrogens is 2. The molecule has 8 rings (SSSR count). The molecule has 0 N–H and O–H groups in total. The molecule has 0 bridgehead atoms. The van der Waals surface area contributed by atoms with Crippen molar-refractivity contribution in [2.45, 2.75) is 0 Å². The molecule has 0 aliphatic heterocycles. The van der Waals surface area contributed by atoms with Crippen molar-refractivity contribution < 1.29 is 0 Å². The first kappa shape index (κ1) is 22.6. The van der Waals surface area contributed by atoms with E-state index in [2.05, 4.69) is 167 Å². The molecule has 0 amide bonds. The molecule has 0 aliphatic carbocycles. The van der Waals surface area contributed by atoms with Gasteiger partial charge < -0.3 is 9.13 Å². The zero-order valence-electron chi connectivity index (χ0n) is 21.9. The van der Waals surface area contributed by atoms with Crippen LogP contribution >= 0.6 is 0 Å². The molecule has 2 heterocycles. The second-order valence-corrected chi connectivity index (χ2v) is 10.3. The second kappa shape index (κ2) is 9.14. The molecule has 2 aromatic heterocycles. The third-order valence-corrected chi connectivity index (χ3v) is 7.94. The highest BCUT2D eigenvalue weighted by Crippen LogP contribution is 2.36. The molecule has 40 heavy (non-hydrogen) atoms. The van der Waals surface area contributed by atoms with E-state index in [-0.39, 0.29) is 0 Å². The summed E-state index contributed by atoms with van der Waals surface area (Å²) in [6, 6.07) is 54.6. The predicted octanol–water partition coefficient (Wildman–Crippen LogP) is 10.1. The Labute approximate surface area is 233 Å². The molecule has 0 unspecified atom stereocenters. The molecule has 8 aromatic rings. The highest BCUT2D eigenvalue weighted by Gasteiger charge is 2.14. The Kier molecular flexibility index (Phi) is 5.17. The molecule has 0 spiro atoms. The van der Waals surface area contributed by atoms with Crippen LogP contribution in [0.1, 0.15) is 0 Å². The van der Waals surface area contributed by atoms with E-state index in [0.717, 1.165) is 0 Å². The Morgan fingerprint density at radius 3 is 1.88 bits per heavy atom. The topological polar surface area (TPSA) is 9.86 Å². The lowest BCUT2D eigenvalue weighted by Crippen LogP contribution is -1.94. The summed E-state index contributed by atoms with van der Waals surface area (Å²) < 4.78 is 4.66. The minimum atomic E-state index is 1.17. The van der Waals surface area contributed by atoms with Gasteiger partial charge in [0.15, 0.2) is 0 Å². The molecule has 0 saturated heterocycles. The van der Waals surface area contributed by atoms with E-state index in [9.17, 15) is 0 Å². The summed E-state index contributed by atoms with van der Waals surface area (Å²) in [5, 5.41) is 3.76. The molecule has 188 valence electrons. The van der Waals surface area contributed by atoms with Crippen molar-refractivity contribution in [1.29, 1.82) is 0 Å². The number of hydrogen-bond acceptors (Lipinski definition) is 0. The SMILES string of the molecule is c1ccc(-c2cccc(-n3c4ccccc4c4cc(-c5ccc6ccn(-c7ccccc7)c6c5)ccc43)c2)cc1. The number of benzene rings is 6. The monoisotopic (exact) mass is 510 g/mol. The van der Waals surface area contributed by atoms with Crippen LogP contribution in [0.4, 0.5) is 0 Å². The number of para-hydroxylation sites is 2. The van der Waals surface area contributed by atoms with Crippen molar-refractivity contribution in [1.82, 2.24) is 9.13 Å². The first-order chi connectivity index (χ1) is 19.8. The van der Waals surface area contributed by atoms with E-state index in [1.54, 1.807) is 0 Å². The van der Waals surface area contributed by atoms with Crippen LogP contribution in [0.2, 0.25) is 0 Å². The Morgan fingerprint density at radius 2 is 1.00 bits per heavy atom. The lowest BCUT2D eigenvalue weighted by molar-refractivity contribution is 1.13. The van der Waals surface area contributed by atoms with Gasteiger partial charge in [-0.1, -0.05) is 97.1 Å². The van der Waals surface area contributed by atoms with Crippen molar-refractivity contribution >= 4 is 32.7 Å². The minimum Gasteiger partial charge on any atom is -0.317 e. The molecule has 0 aliphatic rings. The van der Waals surface area contributed by atoms with Crippen molar-refractivity contribution in [3.63, 3.8) is 0 Å². The number of hydrogen-bond donors (Lipinski definition) is 0. The van der Waals surface area contributed by atoms with Gasteiger partial charge in [0, 0.05) is 28.3 Å². The zero-order valence-corrected chi connectivity index (χ0v) is 21.9. The number of fused-ring (bicyclic) bond motifs is 4. The van der Waals surface area contributed by atoms with Gasteiger partial charge in [-0.25, -0.2) is 0 Å². The quantitative estimate of drug-likeness (QED) is 0.223. The zero-order chi connectivity index (χ0) is 26.5. The van der Waals surface area contributed by atoms with Gasteiger partial charge >= 0.3 is 0 Å². The van der Waals surface area contributed by atoms with Crippen LogP contribution in [0.5, 0.6) is 0 Å². The summed E-state index contributed by atoms with van der Waals surface area (Å²) in [4.78, 5) is 0. The third kappa shape index (κ3) is 3.65. The average molecular weight is 511 g/mol. The minimum absolute atomic E-state index is 1.17. The maximum Gasteiger partial charge on any atom is 0.0541 e. The van der Waals surface area contributed by atoms with E-state index < -0.39 is 0 Å². The Hall–Kier alpha value is -5.34. The summed E-state index contributed by atoms with van der Waals surface area (Å²) in [6.45, 7) is 0. The van der Waals surface area contributed by atoms with E-state index in [1.807, 2.05) is 0 Å². The average Bonchev–Trinajstić information content (AvgIpc) is 3.60. The van der Waals surface area contributed by atoms with E-state index in [1.165, 1.54) is 66.3 Å². The number of nitrogens with zero attached hydrogens (tertiary/aromatic N) is 2. The summed E-state index contributed by atoms with van der Waals surface area (Å²) in [6.07, 6.45) is 2.16. The first-order valence-electron chi connectivity index (χ1n) is 13.7. The smallest absolute Gasteiger partial charge is 0.0541 e. The molecule has 0 fully saturated rings. The van der Waals surface area contributed by atoms with E-state index in [0.29, 0.717) is 0 Å². The van der Waals surface area contributed by atoms with Crippen LogP contribution < -0.4 is 0 Å². The van der Waals surface area contributed by atoms with Gasteiger partial charge in [-0.2, -0.15) is 0 Å². The summed E-state index contributed by atoms with van der Waals surface area (Å²) in [5.41, 5.74) is 10.9. The van der Waals surface area contributed by atoms with Crippen LogP contribution in [0.25, 0.3) is 66.3 Å². The maximum atomic E-state index is 2.39. The van der Waals surface area contributed by atoms with E-state index >= 15 is 0 Å². The van der Waals surface area contributed by atoms with Crippen molar-refractivity contribution in [3.05, 3.63) is 158 Å². The number of rotatable bonds is 4. The van der Waals surface area contributed by atoms with Gasteiger partial charge in [-0.3, -0.25) is 0 Å². The van der Waals surface area contributed by atoms with Gasteiger partial charge in [-0.15, -0.1) is 0 Å². The Balaban J connectivity index is 1.30. The van der Waals surface area contributed by atoms with Gasteiger partial charge in [0.05, 0.1) is 16.6 Å².